The molecule has 1 aromatic rings. The molecule has 0 saturated heterocycles. The second kappa shape index (κ2) is 7.97. The van der Waals surface area contributed by atoms with E-state index in [1.807, 2.05) is 30.3 Å². The van der Waals surface area contributed by atoms with Gasteiger partial charge in [-0.1, -0.05) is 30.3 Å². The highest BCUT2D eigenvalue weighted by molar-refractivity contribution is 5.85. The van der Waals surface area contributed by atoms with Crippen LogP contribution in [0.1, 0.15) is 5.56 Å². The fourth-order valence-electron chi connectivity index (χ4n) is 0.732. The third-order valence-corrected chi connectivity index (χ3v) is 1.22. The third kappa shape index (κ3) is 7.02. The fourth-order valence-corrected chi connectivity index (χ4v) is 0.732. The van der Waals surface area contributed by atoms with Crippen LogP contribution in [-0.2, 0) is 4.79 Å². The molecule has 1 rings (SSSR count). The molecule has 0 unspecified atom stereocenters. The summed E-state index contributed by atoms with van der Waals surface area (Å²) >= 11 is 0. The summed E-state index contributed by atoms with van der Waals surface area (Å²) in [6, 6.07) is 9.31. The Morgan fingerprint density at radius 3 is 2.29 bits per heavy atom. The van der Waals surface area contributed by atoms with Gasteiger partial charge >= 0.3 is 5.97 Å². The molecule has 0 amide bonds. The lowest BCUT2D eigenvalue weighted by molar-refractivity contribution is -0.131. The number of hydrogen-bond donors (Lipinski definition) is 3. The summed E-state index contributed by atoms with van der Waals surface area (Å²) in [5.41, 5.74) is 5.30. The molecule has 0 radical (unpaired) electrons. The van der Waals surface area contributed by atoms with E-state index in [2.05, 4.69) is 5.73 Å². The molecule has 1 aromatic carbocycles. The lowest BCUT2D eigenvalue weighted by atomic mass is 10.2. The molecule has 0 spiro atoms. The molecular weight excluding hydrogens is 182 g/mol. The summed E-state index contributed by atoms with van der Waals surface area (Å²) < 4.78 is 0. The standard InChI is InChI=1S/C9H8O2.CH5NO/c10-9(11)7-6-8-4-2-1-3-5-8;2-1-3/h1-7H,(H,10,11);3H,1-2H2. The Balaban J connectivity index is 0.000000500. The van der Waals surface area contributed by atoms with Crippen molar-refractivity contribution in [2.75, 3.05) is 6.73 Å². The van der Waals surface area contributed by atoms with Crippen LogP contribution in [-0.4, -0.2) is 22.9 Å². The summed E-state index contributed by atoms with van der Waals surface area (Å²) in [5, 5.41) is 15.6. The third-order valence-electron chi connectivity index (χ3n) is 1.22. The van der Waals surface area contributed by atoms with Crippen LogP contribution in [0.5, 0.6) is 0 Å². The van der Waals surface area contributed by atoms with E-state index < -0.39 is 5.97 Å². The summed E-state index contributed by atoms with van der Waals surface area (Å²) in [6.45, 7) is -0.250. The molecule has 0 fully saturated rings. The van der Waals surface area contributed by atoms with E-state index in [-0.39, 0.29) is 6.73 Å². The summed E-state index contributed by atoms with van der Waals surface area (Å²) in [5.74, 6) is -0.922. The van der Waals surface area contributed by atoms with Crippen LogP contribution >= 0.6 is 0 Å². The first kappa shape index (κ1) is 12.4. The molecule has 4 nitrogen and oxygen atoms in total. The predicted molar refractivity (Wildman–Crippen MR) is 54.4 cm³/mol. The minimum Gasteiger partial charge on any atom is -0.478 e. The van der Waals surface area contributed by atoms with Crippen molar-refractivity contribution in [2.24, 2.45) is 5.73 Å². The zero-order valence-corrected chi connectivity index (χ0v) is 7.63. The Hall–Kier alpha value is -1.65. The molecule has 0 aliphatic carbocycles. The van der Waals surface area contributed by atoms with Crippen LogP contribution in [0.3, 0.4) is 0 Å². The van der Waals surface area contributed by atoms with Crippen molar-refractivity contribution >= 4 is 12.0 Å². The fraction of sp³-hybridized carbons (Fsp3) is 0.100. The minimum atomic E-state index is -0.922. The second-order valence-electron chi connectivity index (χ2n) is 2.26. The molecule has 76 valence electrons. The maximum atomic E-state index is 10.1. The Morgan fingerprint density at radius 1 is 1.36 bits per heavy atom. The van der Waals surface area contributed by atoms with E-state index in [0.717, 1.165) is 11.6 Å². The monoisotopic (exact) mass is 195 g/mol. The zero-order valence-electron chi connectivity index (χ0n) is 7.63. The van der Waals surface area contributed by atoms with Crippen molar-refractivity contribution in [2.45, 2.75) is 0 Å². The van der Waals surface area contributed by atoms with Gasteiger partial charge in [-0.15, -0.1) is 0 Å². The molecule has 0 bridgehead atoms. The van der Waals surface area contributed by atoms with E-state index in [1.54, 1.807) is 6.08 Å². The molecule has 0 aliphatic rings. The van der Waals surface area contributed by atoms with Gasteiger partial charge in [0.05, 0.1) is 6.73 Å². The number of hydrogen-bond acceptors (Lipinski definition) is 3. The van der Waals surface area contributed by atoms with E-state index in [0.29, 0.717) is 0 Å². The number of carboxylic acid groups (broad SMARTS) is 1. The summed E-state index contributed by atoms with van der Waals surface area (Å²) in [4.78, 5) is 10.1. The number of aliphatic hydroxyl groups excluding tert-OH is 1. The van der Waals surface area contributed by atoms with Gasteiger partial charge in [-0.25, -0.2) is 4.79 Å². The van der Waals surface area contributed by atoms with Gasteiger partial charge < -0.3 is 15.9 Å². The van der Waals surface area contributed by atoms with Gasteiger partial charge in [0.25, 0.3) is 0 Å². The Labute approximate surface area is 82.3 Å². The molecule has 4 N–H and O–H groups in total. The number of nitrogens with two attached hydrogens (primary N) is 1. The van der Waals surface area contributed by atoms with E-state index >= 15 is 0 Å². The average Bonchev–Trinajstić information content (AvgIpc) is 2.18. The van der Waals surface area contributed by atoms with E-state index in [9.17, 15) is 4.79 Å². The first-order valence-corrected chi connectivity index (χ1v) is 3.97. The number of benzene rings is 1. The molecule has 0 aliphatic heterocycles. The van der Waals surface area contributed by atoms with Gasteiger partial charge in [0.1, 0.15) is 0 Å². The lowest BCUT2D eigenvalue weighted by Crippen LogP contribution is -1.92. The predicted octanol–water partition coefficient (Wildman–Crippen LogP) is 0.679. The normalized spacial score (nSPS) is 9.29. The molecule has 0 aromatic heterocycles. The van der Waals surface area contributed by atoms with E-state index in [4.69, 9.17) is 10.2 Å². The largest absolute Gasteiger partial charge is 0.478 e. The van der Waals surface area contributed by atoms with Crippen molar-refractivity contribution in [3.05, 3.63) is 42.0 Å². The molecule has 0 atom stereocenters. The highest BCUT2D eigenvalue weighted by Gasteiger charge is 1.85. The van der Waals surface area contributed by atoms with Crippen LogP contribution in [0.4, 0.5) is 0 Å². The highest BCUT2D eigenvalue weighted by Crippen LogP contribution is 1.99. The Kier molecular flexibility index (Phi) is 7.03. The quantitative estimate of drug-likeness (QED) is 0.478. The lowest BCUT2D eigenvalue weighted by Gasteiger charge is -1.87. The number of aliphatic hydroxyl groups is 1. The van der Waals surface area contributed by atoms with Crippen LogP contribution in [0.2, 0.25) is 0 Å². The smallest absolute Gasteiger partial charge is 0.328 e. The van der Waals surface area contributed by atoms with Gasteiger partial charge in [-0.05, 0) is 11.6 Å². The maximum absolute atomic E-state index is 10.1. The van der Waals surface area contributed by atoms with Crippen molar-refractivity contribution in [1.29, 1.82) is 0 Å². The van der Waals surface area contributed by atoms with Gasteiger partial charge in [-0.2, -0.15) is 0 Å². The molecule has 4 heteroatoms. The average molecular weight is 195 g/mol. The first-order chi connectivity index (χ1) is 6.70. The van der Waals surface area contributed by atoms with Gasteiger partial charge in [0.2, 0.25) is 0 Å². The number of carbonyl (C=O) groups is 1. The van der Waals surface area contributed by atoms with Crippen LogP contribution < -0.4 is 5.73 Å². The summed E-state index contributed by atoms with van der Waals surface area (Å²) in [6.07, 6.45) is 2.68. The van der Waals surface area contributed by atoms with Crippen LogP contribution in [0.15, 0.2) is 36.4 Å². The number of rotatable bonds is 2. The van der Waals surface area contributed by atoms with Crippen molar-refractivity contribution < 1.29 is 15.0 Å². The molecule has 14 heavy (non-hydrogen) atoms. The maximum Gasteiger partial charge on any atom is 0.328 e. The first-order valence-electron chi connectivity index (χ1n) is 3.97. The Morgan fingerprint density at radius 2 is 1.86 bits per heavy atom. The van der Waals surface area contributed by atoms with Crippen molar-refractivity contribution in [3.8, 4) is 0 Å². The van der Waals surface area contributed by atoms with Crippen molar-refractivity contribution in [3.63, 3.8) is 0 Å². The van der Waals surface area contributed by atoms with Crippen LogP contribution in [0.25, 0.3) is 6.08 Å². The van der Waals surface area contributed by atoms with Gasteiger partial charge in [0, 0.05) is 6.08 Å². The SMILES string of the molecule is NCO.O=C(O)C=Cc1ccccc1. The van der Waals surface area contributed by atoms with Crippen LogP contribution in [0, 0.1) is 0 Å². The number of aliphatic carboxylic acids is 1. The molecule has 0 heterocycles. The van der Waals surface area contributed by atoms with E-state index in [1.165, 1.54) is 0 Å². The van der Waals surface area contributed by atoms with Gasteiger partial charge in [-0.3, -0.25) is 0 Å². The van der Waals surface area contributed by atoms with Gasteiger partial charge in [0.15, 0.2) is 0 Å². The molecular formula is C10H13NO3. The summed E-state index contributed by atoms with van der Waals surface area (Å²) in [7, 11) is 0. The molecule has 0 saturated carbocycles. The van der Waals surface area contributed by atoms with Crippen molar-refractivity contribution in [1.82, 2.24) is 0 Å². The highest BCUT2D eigenvalue weighted by atomic mass is 16.4. The second-order valence-corrected chi connectivity index (χ2v) is 2.26. The Bertz CT molecular complexity index is 283. The topological polar surface area (TPSA) is 83.5 Å². The number of carboxylic acids is 1. The zero-order chi connectivity index (χ0) is 10.8. The minimum absolute atomic E-state index is 0.250.